The fourth-order valence-corrected chi connectivity index (χ4v) is 6.82. The Hall–Kier alpha value is -2.25. The third-order valence-electron chi connectivity index (χ3n) is 7.91. The molecule has 0 fully saturated rings. The zero-order valence-electron chi connectivity index (χ0n) is 25.3. The predicted molar refractivity (Wildman–Crippen MR) is 175 cm³/mol. The molecule has 0 saturated carbocycles. The Morgan fingerprint density at radius 1 is 0.848 bits per heavy atom. The standard InChI is InChI=1S/C24H23F6.C12H7Si.2ClH.Zr/c1-4-6-15-7-8-16-9-17(14(3)5-2)12-21(16)22(15)18-10-19(23(25,26)27)13-20(11-18)24(28,29)30;1-3-7-11-9(5-1)10-6-2-4-8-12(10)13-11;;;/h7-14H,4-6H2,1-3H3;1-7H;2*1H;/q2*-1;;;+4/p-2. The molecular weight excluding hydrogens is 737 g/mol. The number of rotatable bonds is 5. The molecule has 0 N–H and O–H groups in total. The van der Waals surface area contributed by atoms with Crippen LogP contribution in [0.1, 0.15) is 61.8 Å². The van der Waals surface area contributed by atoms with Gasteiger partial charge in [-0.25, -0.2) is 0 Å². The van der Waals surface area contributed by atoms with Crippen LogP contribution in [0, 0.1) is 6.07 Å². The van der Waals surface area contributed by atoms with Gasteiger partial charge in [0.05, 0.1) is 20.6 Å². The minimum atomic E-state index is -4.87. The summed E-state index contributed by atoms with van der Waals surface area (Å²) in [7, 11) is 10.7. The van der Waals surface area contributed by atoms with Crippen LogP contribution in [0.4, 0.5) is 26.3 Å². The van der Waals surface area contributed by atoms with E-state index < -0.39 is 44.3 Å². The Balaban J connectivity index is 0.000000245. The van der Waals surface area contributed by atoms with Crippen LogP contribution < -0.4 is 10.4 Å². The second-order valence-electron chi connectivity index (χ2n) is 10.9. The number of hydrogen-bond donors (Lipinski definition) is 0. The zero-order valence-corrected chi connectivity index (χ0v) is 30.3. The third-order valence-corrected chi connectivity index (χ3v) is 9.28. The van der Waals surface area contributed by atoms with Crippen LogP contribution >= 0.6 is 17.0 Å². The first kappa shape index (κ1) is 36.6. The van der Waals surface area contributed by atoms with E-state index in [0.717, 1.165) is 51.0 Å². The summed E-state index contributed by atoms with van der Waals surface area (Å²) in [6, 6.07) is 27.6. The number of benzene rings is 4. The summed E-state index contributed by atoms with van der Waals surface area (Å²) in [6.07, 6.45) is -7.57. The van der Waals surface area contributed by atoms with E-state index in [1.807, 2.05) is 51.1 Å². The van der Waals surface area contributed by atoms with Gasteiger partial charge in [0.15, 0.2) is 0 Å². The maximum absolute atomic E-state index is 13.4. The number of aryl methyl sites for hydroxylation is 1. The monoisotopic (exact) mass is 764 g/mol. The van der Waals surface area contributed by atoms with E-state index in [0.29, 0.717) is 17.4 Å². The van der Waals surface area contributed by atoms with E-state index in [9.17, 15) is 26.3 Å². The number of halogens is 8. The van der Waals surface area contributed by atoms with Gasteiger partial charge >= 0.3 is 50.2 Å². The van der Waals surface area contributed by atoms with Crippen molar-refractivity contribution in [2.45, 2.75) is 58.3 Å². The molecule has 0 nitrogen and oxygen atoms in total. The minimum Gasteiger partial charge on any atom is -0.184 e. The van der Waals surface area contributed by atoms with Crippen molar-refractivity contribution in [2.75, 3.05) is 0 Å². The molecule has 5 aromatic rings. The topological polar surface area (TPSA) is 0 Å². The van der Waals surface area contributed by atoms with Gasteiger partial charge in [-0.05, 0) is 36.1 Å². The normalized spacial score (nSPS) is 12.7. The first-order valence-electron chi connectivity index (χ1n) is 14.7. The Morgan fingerprint density at radius 2 is 1.48 bits per heavy atom. The van der Waals surface area contributed by atoms with Gasteiger partial charge in [0.2, 0.25) is 0 Å². The van der Waals surface area contributed by atoms with Crippen molar-refractivity contribution in [1.29, 1.82) is 0 Å². The summed E-state index contributed by atoms with van der Waals surface area (Å²) >= 11 is -0.826. The second kappa shape index (κ2) is 15.8. The first-order chi connectivity index (χ1) is 21.8. The molecule has 1 aliphatic heterocycles. The molecule has 0 aliphatic carbocycles. The molecule has 0 bridgehead atoms. The third kappa shape index (κ3) is 8.61. The van der Waals surface area contributed by atoms with Gasteiger partial charge in [-0.2, -0.15) is 61.9 Å². The van der Waals surface area contributed by atoms with Crippen molar-refractivity contribution in [3.8, 4) is 22.3 Å². The van der Waals surface area contributed by atoms with E-state index in [1.54, 1.807) is 0 Å². The smallest absolute Gasteiger partial charge is 0.0920 e. The average Bonchev–Trinajstić information content (AvgIpc) is 3.62. The molecule has 10 heteroatoms. The molecule has 5 aromatic carbocycles. The molecule has 2 radical (unpaired) electrons. The van der Waals surface area contributed by atoms with Crippen molar-refractivity contribution in [3.63, 3.8) is 0 Å². The van der Waals surface area contributed by atoms with E-state index in [4.69, 9.17) is 17.0 Å². The van der Waals surface area contributed by atoms with Gasteiger partial charge in [-0.1, -0.05) is 79.8 Å². The van der Waals surface area contributed by atoms with Gasteiger partial charge in [0.1, 0.15) is 0 Å². The average molecular weight is 767 g/mol. The fourth-order valence-electron chi connectivity index (χ4n) is 5.51. The summed E-state index contributed by atoms with van der Waals surface area (Å²) in [5.74, 6) is 0.243. The van der Waals surface area contributed by atoms with Crippen LogP contribution in [-0.2, 0) is 39.6 Å². The van der Waals surface area contributed by atoms with Crippen LogP contribution in [0.25, 0.3) is 33.0 Å². The molecule has 0 amide bonds. The Morgan fingerprint density at radius 3 is 2.09 bits per heavy atom. The minimum absolute atomic E-state index is 0.0486. The Labute approximate surface area is 287 Å². The molecule has 1 atom stereocenters. The van der Waals surface area contributed by atoms with Gasteiger partial charge in [0.25, 0.3) is 0 Å². The van der Waals surface area contributed by atoms with Crippen LogP contribution in [-0.4, -0.2) is 9.52 Å². The van der Waals surface area contributed by atoms with Crippen LogP contribution in [0.3, 0.4) is 0 Å². The number of fused-ring (bicyclic) bond motifs is 4. The van der Waals surface area contributed by atoms with E-state index >= 15 is 0 Å². The van der Waals surface area contributed by atoms with E-state index in [2.05, 4.69) is 42.5 Å². The van der Waals surface area contributed by atoms with Crippen molar-refractivity contribution in [3.05, 3.63) is 113 Å². The van der Waals surface area contributed by atoms with Gasteiger partial charge in [-0.3, -0.25) is 0 Å². The molecule has 46 heavy (non-hydrogen) atoms. The summed E-state index contributed by atoms with van der Waals surface area (Å²) in [5.41, 5.74) is 2.38. The molecule has 0 saturated heterocycles. The quantitative estimate of drug-likeness (QED) is 0.0931. The Kier molecular flexibility index (Phi) is 12.5. The summed E-state index contributed by atoms with van der Waals surface area (Å²) in [6.45, 7) is 6.01. The fraction of sp³-hybridized carbons (Fsp3) is 0.250. The van der Waals surface area contributed by atoms with Crippen LogP contribution in [0.15, 0.2) is 84.9 Å². The largest absolute Gasteiger partial charge is 0.184 e. The van der Waals surface area contributed by atoms with Crippen molar-refractivity contribution < 1.29 is 47.2 Å². The number of hydrogen-bond acceptors (Lipinski definition) is 0. The molecule has 1 unspecified atom stereocenters. The molecule has 1 aliphatic rings. The van der Waals surface area contributed by atoms with Crippen molar-refractivity contribution in [2.24, 2.45) is 0 Å². The molecule has 0 aromatic heterocycles. The summed E-state index contributed by atoms with van der Waals surface area (Å²) in [4.78, 5) is 0. The van der Waals surface area contributed by atoms with Crippen molar-refractivity contribution in [1.82, 2.24) is 0 Å². The van der Waals surface area contributed by atoms with Crippen LogP contribution in [0.5, 0.6) is 0 Å². The molecule has 238 valence electrons. The zero-order chi connectivity index (χ0) is 33.6. The van der Waals surface area contributed by atoms with Crippen LogP contribution in [0.2, 0.25) is 0 Å². The predicted octanol–water partition coefficient (Wildman–Crippen LogP) is 11.2. The first-order valence-corrected chi connectivity index (χ1v) is 22.0. The number of alkyl halides is 6. The Bertz CT molecular complexity index is 1700. The van der Waals surface area contributed by atoms with E-state index in [1.165, 1.54) is 21.5 Å². The van der Waals surface area contributed by atoms with Gasteiger partial charge in [0, 0.05) is 0 Å². The molecular formula is C36H30Cl2F6SiZr. The van der Waals surface area contributed by atoms with Gasteiger partial charge in [-0.15, -0.1) is 40.1 Å². The van der Waals surface area contributed by atoms with Gasteiger partial charge < -0.3 is 0 Å². The molecule has 0 spiro atoms. The maximum Gasteiger partial charge on any atom is 0.0920 e. The molecule has 6 rings (SSSR count). The summed E-state index contributed by atoms with van der Waals surface area (Å²) < 4.78 is 80.4. The maximum atomic E-state index is 13.4. The molecule has 1 heterocycles. The second-order valence-corrected chi connectivity index (χ2v) is 16.0. The SMILES string of the molecule is CCCc1ccc2[cH-]c(C(C)CC)cc2c1-c1cc(C(F)(F)F)cc(C(F)(F)F)c1.[Cl][Zr+2][Cl].[c-]1cccc2c1[Si]c1ccccc1-2. The van der Waals surface area contributed by atoms with Crippen molar-refractivity contribution >= 4 is 47.7 Å². The van der Waals surface area contributed by atoms with E-state index in [-0.39, 0.29) is 17.5 Å². The summed E-state index contributed by atoms with van der Waals surface area (Å²) in [5, 5.41) is 4.35.